The average molecular weight is 300 g/mol. The van der Waals surface area contributed by atoms with Gasteiger partial charge in [-0.3, -0.25) is 9.59 Å². The summed E-state index contributed by atoms with van der Waals surface area (Å²) in [4.78, 5) is 21.2. The van der Waals surface area contributed by atoms with Crippen molar-refractivity contribution in [1.29, 1.82) is 0 Å². The maximum Gasteiger partial charge on any atom is 0.309 e. The molecule has 0 amide bonds. The zero-order valence-electron chi connectivity index (χ0n) is 13.2. The fourth-order valence-electron chi connectivity index (χ4n) is 2.32. The third-order valence-corrected chi connectivity index (χ3v) is 4.20. The molecule has 1 aliphatic rings. The van der Waals surface area contributed by atoms with Crippen molar-refractivity contribution in [2.24, 2.45) is 5.41 Å². The molecule has 1 aliphatic carbocycles. The van der Waals surface area contributed by atoms with E-state index in [0.717, 1.165) is 51.6 Å². The number of unbranched alkanes of at least 4 members (excludes halogenated alkanes) is 2. The van der Waals surface area contributed by atoms with Crippen LogP contribution in [0.3, 0.4) is 0 Å². The topological polar surface area (TPSA) is 72.8 Å². The lowest BCUT2D eigenvalue weighted by molar-refractivity contribution is -0.147. The zero-order chi connectivity index (χ0) is 15.8. The maximum atomic E-state index is 10.9. The minimum atomic E-state index is -0.756. The molecule has 0 aliphatic heterocycles. The highest BCUT2D eigenvalue weighted by Crippen LogP contribution is 2.43. The largest absolute Gasteiger partial charge is 0.481 e. The Kier molecular flexibility index (Phi) is 7.15. The van der Waals surface area contributed by atoms with Crippen molar-refractivity contribution in [3.05, 3.63) is 0 Å². The van der Waals surface area contributed by atoms with E-state index in [1.54, 1.807) is 13.8 Å². The zero-order valence-corrected chi connectivity index (χ0v) is 13.2. The fourth-order valence-corrected chi connectivity index (χ4v) is 2.32. The third-order valence-electron chi connectivity index (χ3n) is 4.20. The van der Waals surface area contributed by atoms with E-state index in [4.69, 9.17) is 14.6 Å². The lowest BCUT2D eigenvalue weighted by Gasteiger charge is -2.18. The molecule has 0 heterocycles. The predicted octanol–water partition coefficient (Wildman–Crippen LogP) is 3.16. The minimum absolute atomic E-state index is 0.134. The second-order valence-corrected chi connectivity index (χ2v) is 6.61. The second-order valence-electron chi connectivity index (χ2n) is 6.61. The Labute approximate surface area is 127 Å². The van der Waals surface area contributed by atoms with Gasteiger partial charge in [-0.1, -0.05) is 6.42 Å². The van der Waals surface area contributed by atoms with Crippen LogP contribution in [0.1, 0.15) is 65.2 Å². The predicted molar refractivity (Wildman–Crippen MR) is 79.1 cm³/mol. The first kappa shape index (κ1) is 18.0. The standard InChI is InChI=1S/C16H28O5/c1-15(2,14(18)19)7-6-12-20-11-5-3-4-8-16(9-10-16)21-13-17/h13H,3-12H2,1-2H3,(H,18,19). The molecule has 1 saturated carbocycles. The first-order valence-electron chi connectivity index (χ1n) is 7.84. The van der Waals surface area contributed by atoms with Crippen molar-refractivity contribution in [2.45, 2.75) is 70.8 Å². The van der Waals surface area contributed by atoms with E-state index in [2.05, 4.69) is 0 Å². The second kappa shape index (κ2) is 8.37. The Hall–Kier alpha value is -1.10. The Morgan fingerprint density at radius 1 is 1.19 bits per heavy atom. The number of carbonyl (C=O) groups is 2. The molecule has 21 heavy (non-hydrogen) atoms. The van der Waals surface area contributed by atoms with Gasteiger partial charge >= 0.3 is 5.97 Å². The van der Waals surface area contributed by atoms with Crippen LogP contribution in [0.5, 0.6) is 0 Å². The minimum Gasteiger partial charge on any atom is -0.481 e. The summed E-state index contributed by atoms with van der Waals surface area (Å²) < 4.78 is 10.6. The maximum absolute atomic E-state index is 10.9. The lowest BCUT2D eigenvalue weighted by atomic mass is 9.88. The number of ether oxygens (including phenoxy) is 2. The SMILES string of the molecule is CC(C)(CCCOCCCCCC1(OC=O)CC1)C(=O)O. The Morgan fingerprint density at radius 3 is 2.43 bits per heavy atom. The molecule has 0 spiro atoms. The van der Waals surface area contributed by atoms with E-state index in [9.17, 15) is 9.59 Å². The van der Waals surface area contributed by atoms with Crippen LogP contribution in [0.15, 0.2) is 0 Å². The van der Waals surface area contributed by atoms with E-state index < -0.39 is 11.4 Å². The molecule has 0 saturated heterocycles. The average Bonchev–Trinajstić information content (AvgIpc) is 3.17. The summed E-state index contributed by atoms with van der Waals surface area (Å²) in [6, 6.07) is 0. The molecule has 1 fully saturated rings. The first-order chi connectivity index (χ1) is 9.92. The van der Waals surface area contributed by atoms with Crippen LogP contribution >= 0.6 is 0 Å². The van der Waals surface area contributed by atoms with Crippen molar-refractivity contribution in [3.63, 3.8) is 0 Å². The van der Waals surface area contributed by atoms with E-state index in [1.807, 2.05) is 0 Å². The summed E-state index contributed by atoms with van der Waals surface area (Å²) in [7, 11) is 0. The quantitative estimate of drug-likeness (QED) is 0.418. The van der Waals surface area contributed by atoms with E-state index in [-0.39, 0.29) is 5.60 Å². The van der Waals surface area contributed by atoms with Crippen LogP contribution in [0.4, 0.5) is 0 Å². The highest BCUT2D eigenvalue weighted by Gasteiger charge is 2.44. The van der Waals surface area contributed by atoms with Gasteiger partial charge < -0.3 is 14.6 Å². The Morgan fingerprint density at radius 2 is 1.86 bits per heavy atom. The van der Waals surface area contributed by atoms with Gasteiger partial charge in [-0.05, 0) is 58.8 Å². The van der Waals surface area contributed by atoms with Gasteiger partial charge in [-0.15, -0.1) is 0 Å². The van der Waals surface area contributed by atoms with E-state index in [1.165, 1.54) is 0 Å². The van der Waals surface area contributed by atoms with Crippen molar-refractivity contribution in [3.8, 4) is 0 Å². The molecule has 5 heteroatoms. The van der Waals surface area contributed by atoms with Crippen LogP contribution in [0.25, 0.3) is 0 Å². The number of aliphatic carboxylic acids is 1. The highest BCUT2D eigenvalue weighted by atomic mass is 16.5. The summed E-state index contributed by atoms with van der Waals surface area (Å²) in [5.41, 5.74) is -0.800. The highest BCUT2D eigenvalue weighted by molar-refractivity contribution is 5.73. The normalized spacial score (nSPS) is 16.5. The molecule has 0 aromatic carbocycles. The van der Waals surface area contributed by atoms with Gasteiger partial charge in [0.25, 0.3) is 6.47 Å². The molecule has 122 valence electrons. The molecule has 0 aromatic heterocycles. The van der Waals surface area contributed by atoms with Crippen LogP contribution in [-0.4, -0.2) is 36.4 Å². The van der Waals surface area contributed by atoms with Crippen LogP contribution in [0.2, 0.25) is 0 Å². The number of carboxylic acid groups (broad SMARTS) is 1. The number of hydrogen-bond donors (Lipinski definition) is 1. The number of rotatable bonds is 13. The van der Waals surface area contributed by atoms with Crippen molar-refractivity contribution in [2.75, 3.05) is 13.2 Å². The monoisotopic (exact) mass is 300 g/mol. The van der Waals surface area contributed by atoms with Gasteiger partial charge in [0.1, 0.15) is 5.60 Å². The third kappa shape index (κ3) is 6.93. The molecule has 0 aromatic rings. The molecule has 0 radical (unpaired) electrons. The van der Waals surface area contributed by atoms with Gasteiger partial charge in [-0.25, -0.2) is 0 Å². The smallest absolute Gasteiger partial charge is 0.309 e. The van der Waals surface area contributed by atoms with Crippen LogP contribution < -0.4 is 0 Å². The molecular weight excluding hydrogens is 272 g/mol. The lowest BCUT2D eigenvalue weighted by Crippen LogP contribution is -2.23. The molecular formula is C16H28O5. The number of hydrogen-bond acceptors (Lipinski definition) is 4. The van der Waals surface area contributed by atoms with Gasteiger partial charge in [0.2, 0.25) is 0 Å². The fraction of sp³-hybridized carbons (Fsp3) is 0.875. The number of carboxylic acids is 1. The van der Waals surface area contributed by atoms with Crippen LogP contribution in [0, 0.1) is 5.41 Å². The van der Waals surface area contributed by atoms with Gasteiger partial charge in [0.05, 0.1) is 5.41 Å². The molecule has 0 bridgehead atoms. The number of carbonyl (C=O) groups excluding carboxylic acids is 1. The molecule has 0 atom stereocenters. The van der Waals surface area contributed by atoms with E-state index >= 15 is 0 Å². The molecule has 0 unspecified atom stereocenters. The summed E-state index contributed by atoms with van der Waals surface area (Å²) in [6.45, 7) is 5.38. The summed E-state index contributed by atoms with van der Waals surface area (Å²) in [5.74, 6) is -0.756. The summed E-state index contributed by atoms with van der Waals surface area (Å²) in [5, 5.41) is 8.98. The molecule has 5 nitrogen and oxygen atoms in total. The Balaban J connectivity index is 1.89. The van der Waals surface area contributed by atoms with E-state index in [0.29, 0.717) is 19.5 Å². The van der Waals surface area contributed by atoms with Crippen LogP contribution in [-0.2, 0) is 19.1 Å². The first-order valence-corrected chi connectivity index (χ1v) is 7.84. The molecule has 1 rings (SSSR count). The summed E-state index contributed by atoms with van der Waals surface area (Å²) >= 11 is 0. The Bertz CT molecular complexity index is 334. The van der Waals surface area contributed by atoms with Crippen molar-refractivity contribution >= 4 is 12.4 Å². The summed E-state index contributed by atoms with van der Waals surface area (Å²) in [6.07, 6.45) is 7.50. The van der Waals surface area contributed by atoms with Gasteiger partial charge in [0, 0.05) is 13.2 Å². The van der Waals surface area contributed by atoms with Gasteiger partial charge in [-0.2, -0.15) is 0 Å². The van der Waals surface area contributed by atoms with Crippen molar-refractivity contribution in [1.82, 2.24) is 0 Å². The van der Waals surface area contributed by atoms with Crippen molar-refractivity contribution < 1.29 is 24.2 Å². The van der Waals surface area contributed by atoms with Gasteiger partial charge in [0.15, 0.2) is 0 Å². The molecule has 1 N–H and O–H groups in total.